The summed E-state index contributed by atoms with van der Waals surface area (Å²) in [6, 6.07) is 0. The largest absolute Gasteiger partial charge is 3.00 e. The monoisotopic (exact) mass is 985 g/mol. The number of rotatable bonds is 18. The summed E-state index contributed by atoms with van der Waals surface area (Å²) in [6.07, 6.45) is -8.17. The van der Waals surface area contributed by atoms with Crippen molar-refractivity contribution < 1.29 is 172 Å². The van der Waals surface area contributed by atoms with Gasteiger partial charge >= 0.3 is 82.1 Å². The van der Waals surface area contributed by atoms with Crippen LogP contribution in [0.15, 0.2) is 0 Å². The van der Waals surface area contributed by atoms with Crippen LogP contribution in [-0.2, 0) is 28.8 Å². The Morgan fingerprint density at radius 2 is 0.420 bits per heavy atom. The van der Waals surface area contributed by atoms with E-state index in [0.29, 0.717) is 0 Å². The van der Waals surface area contributed by atoms with Gasteiger partial charge in [-0.2, -0.15) is 0 Å². The Hall–Kier alpha value is 0.254. The fraction of sp³-hybridized carbons (Fsp3) is 0.800. The minimum atomic E-state index is -1.58. The van der Waals surface area contributed by atoms with Crippen molar-refractivity contribution in [3.8, 4) is 0 Å². The minimum Gasteiger partial charge on any atom is -0.831 e. The standard InChI is InChI=1S/6C5H9O3.Nd.Pr/c6*1-4(6)2-3-5(7)8;;/h6*5,7H,2-3H2,1H3;;/q6*-1;2*+3. The van der Waals surface area contributed by atoms with Crippen LogP contribution in [0, 0.1) is 82.1 Å². The summed E-state index contributed by atoms with van der Waals surface area (Å²) >= 11 is 0. The molecular formula is C30H54NdO18Pr. The summed E-state index contributed by atoms with van der Waals surface area (Å²) in [6.45, 7) is 8.35. The predicted octanol–water partition coefficient (Wildman–Crippen LogP) is -5.79. The molecule has 0 saturated carbocycles. The summed E-state index contributed by atoms with van der Waals surface area (Å²) in [7, 11) is 0. The van der Waals surface area contributed by atoms with Crippen molar-refractivity contribution in [2.24, 2.45) is 0 Å². The van der Waals surface area contributed by atoms with E-state index < -0.39 is 37.7 Å². The molecule has 289 valence electrons. The van der Waals surface area contributed by atoms with Gasteiger partial charge in [0.2, 0.25) is 0 Å². The van der Waals surface area contributed by atoms with Crippen LogP contribution < -0.4 is 30.6 Å². The quantitative estimate of drug-likeness (QED) is 0.0697. The van der Waals surface area contributed by atoms with E-state index in [1.165, 1.54) is 41.5 Å². The molecule has 0 aromatic carbocycles. The molecule has 0 bridgehead atoms. The number of hydrogen-bond acceptors (Lipinski definition) is 18. The van der Waals surface area contributed by atoms with Crippen LogP contribution in [0.2, 0.25) is 0 Å². The molecule has 0 heterocycles. The second-order valence-electron chi connectivity index (χ2n) is 10.2. The topological polar surface area (TPSA) is 362 Å². The Morgan fingerprint density at radius 3 is 0.440 bits per heavy atom. The van der Waals surface area contributed by atoms with Crippen LogP contribution in [0.1, 0.15) is 119 Å². The molecule has 0 aliphatic rings. The van der Waals surface area contributed by atoms with Crippen molar-refractivity contribution >= 4 is 34.7 Å². The Labute approximate surface area is 359 Å². The predicted molar refractivity (Wildman–Crippen MR) is 156 cm³/mol. The molecule has 0 aliphatic carbocycles. The number of hydrogen-bond donors (Lipinski definition) is 6. The maximum Gasteiger partial charge on any atom is 3.00 e. The number of carbonyl (C=O) groups is 6. The molecule has 1 radical (unpaired) electrons. The molecule has 6 unspecified atom stereocenters. The third-order valence-electron chi connectivity index (χ3n) is 4.46. The first-order valence-electron chi connectivity index (χ1n) is 14.8. The van der Waals surface area contributed by atoms with Crippen molar-refractivity contribution in [3.05, 3.63) is 0 Å². The summed E-state index contributed by atoms with van der Waals surface area (Å²) in [5.74, 6) is -0.334. The molecule has 0 aliphatic heterocycles. The van der Waals surface area contributed by atoms with Gasteiger partial charge in [0.1, 0.15) is 34.7 Å². The van der Waals surface area contributed by atoms with Crippen LogP contribution in [0.25, 0.3) is 0 Å². The molecule has 50 heavy (non-hydrogen) atoms. The molecule has 0 aromatic rings. The van der Waals surface area contributed by atoms with Crippen molar-refractivity contribution in [2.75, 3.05) is 0 Å². The number of carbonyl (C=O) groups excluding carboxylic acids is 6. The second kappa shape index (κ2) is 49.3. The van der Waals surface area contributed by atoms with Gasteiger partial charge in [0.25, 0.3) is 0 Å². The van der Waals surface area contributed by atoms with Crippen molar-refractivity contribution in [1.29, 1.82) is 0 Å². The van der Waals surface area contributed by atoms with E-state index in [9.17, 15) is 59.4 Å². The van der Waals surface area contributed by atoms with E-state index in [1.807, 2.05) is 0 Å². The van der Waals surface area contributed by atoms with Gasteiger partial charge in [-0.25, -0.2) is 0 Å². The average molecular weight is 988 g/mol. The van der Waals surface area contributed by atoms with Gasteiger partial charge < -0.3 is 90.0 Å². The first-order chi connectivity index (χ1) is 21.8. The molecule has 0 spiro atoms. The van der Waals surface area contributed by atoms with Crippen LogP contribution >= 0.6 is 0 Å². The summed E-state index contributed by atoms with van der Waals surface area (Å²) in [5, 5.41) is 108. The maximum absolute atomic E-state index is 10.1. The number of aliphatic hydroxyl groups excluding tert-OH is 6. The van der Waals surface area contributed by atoms with Crippen molar-refractivity contribution in [3.63, 3.8) is 0 Å². The van der Waals surface area contributed by atoms with E-state index in [2.05, 4.69) is 0 Å². The van der Waals surface area contributed by atoms with Gasteiger partial charge in [-0.15, -0.1) is 0 Å². The Morgan fingerprint density at radius 1 is 0.340 bits per heavy atom. The summed E-state index contributed by atoms with van der Waals surface area (Å²) in [4.78, 5) is 60.6. The molecule has 0 amide bonds. The normalized spacial score (nSPS) is 12.8. The van der Waals surface area contributed by atoms with Gasteiger partial charge in [-0.1, -0.05) is 0 Å². The Balaban J connectivity index is -0.0000000700. The van der Waals surface area contributed by atoms with Gasteiger partial charge in [-0.3, -0.25) is 0 Å². The number of aliphatic hydroxyl groups is 6. The van der Waals surface area contributed by atoms with E-state index in [1.54, 1.807) is 0 Å². The van der Waals surface area contributed by atoms with E-state index in [4.69, 9.17) is 30.6 Å². The van der Waals surface area contributed by atoms with E-state index in [0.717, 1.165) is 0 Å². The number of ketones is 6. The molecule has 0 rings (SSSR count). The fourth-order valence-electron chi connectivity index (χ4n) is 1.96. The van der Waals surface area contributed by atoms with Gasteiger partial charge in [0.05, 0.1) is 0 Å². The van der Waals surface area contributed by atoms with E-state index in [-0.39, 0.29) is 194 Å². The third-order valence-corrected chi connectivity index (χ3v) is 4.46. The SMILES string of the molecule is CC(=O)CCC([O-])O.CC(=O)CCC([O-])O.CC(=O)CCC([O-])O.CC(=O)CCC([O-])O.CC(=O)CCC([O-])O.CC(=O)CCC([O-])O.[Nd+3].[Pr+3]. The zero-order valence-corrected chi connectivity index (χ0v) is 36.5. The molecule has 20 heteroatoms. The van der Waals surface area contributed by atoms with Gasteiger partial charge in [0, 0.05) is 38.5 Å². The Bertz CT molecular complexity index is 651. The summed E-state index contributed by atoms with van der Waals surface area (Å²) < 4.78 is 0. The fourth-order valence-corrected chi connectivity index (χ4v) is 1.96. The zero-order valence-electron chi connectivity index (χ0n) is 29.6. The Kier molecular flexibility index (Phi) is 67.3. The molecule has 0 saturated heterocycles. The maximum atomic E-state index is 10.1. The number of Topliss-reactive ketones (excluding diaryl/α,β-unsaturated/α-hetero) is 6. The van der Waals surface area contributed by atoms with Crippen LogP contribution in [0.4, 0.5) is 0 Å². The van der Waals surface area contributed by atoms with Crippen LogP contribution in [0.5, 0.6) is 0 Å². The molecule has 0 fully saturated rings. The molecule has 6 N–H and O–H groups in total. The first-order valence-corrected chi connectivity index (χ1v) is 14.8. The summed E-state index contributed by atoms with van der Waals surface area (Å²) in [5.41, 5.74) is 0. The third kappa shape index (κ3) is 118. The zero-order chi connectivity index (χ0) is 39.4. The average Bonchev–Trinajstić information content (AvgIpc) is 2.92. The van der Waals surface area contributed by atoms with E-state index >= 15 is 0 Å². The molecule has 6 atom stereocenters. The molecule has 18 nitrogen and oxygen atoms in total. The minimum absolute atomic E-state index is 0. The molecular weight excluding hydrogens is 933 g/mol. The van der Waals surface area contributed by atoms with Crippen LogP contribution in [-0.4, -0.2) is 103 Å². The smallest absolute Gasteiger partial charge is 0.831 e. The molecule has 0 aromatic heterocycles. The first kappa shape index (κ1) is 68.3. The van der Waals surface area contributed by atoms with Crippen molar-refractivity contribution in [2.45, 2.75) is 156 Å². The van der Waals surface area contributed by atoms with Gasteiger partial charge in [-0.05, 0) is 118 Å². The second-order valence-corrected chi connectivity index (χ2v) is 10.2. The van der Waals surface area contributed by atoms with Crippen molar-refractivity contribution in [1.82, 2.24) is 0 Å². The van der Waals surface area contributed by atoms with Crippen LogP contribution in [0.3, 0.4) is 0 Å². The van der Waals surface area contributed by atoms with Gasteiger partial charge in [0.15, 0.2) is 0 Å².